The molecule has 0 saturated heterocycles. The molecule has 0 aliphatic heterocycles. The Morgan fingerprint density at radius 3 is 2.60 bits per heavy atom. The average Bonchev–Trinajstić information content (AvgIpc) is 2.20. The fourth-order valence-corrected chi connectivity index (χ4v) is 1.39. The van der Waals surface area contributed by atoms with Crippen molar-refractivity contribution in [1.82, 2.24) is 0 Å². The van der Waals surface area contributed by atoms with Gasteiger partial charge in [0.2, 0.25) is 0 Å². The number of hydrogen-bond acceptors (Lipinski definition) is 1. The molecule has 0 aliphatic rings. The molecule has 0 aliphatic carbocycles. The van der Waals surface area contributed by atoms with Gasteiger partial charge in [0.15, 0.2) is 0 Å². The highest BCUT2D eigenvalue weighted by atomic mass is 16.1. The normalized spacial score (nSPS) is 9.27. The topological polar surface area (TPSA) is 17.1 Å². The minimum Gasteiger partial charge on any atom is -0.298 e. The molecule has 78 valence electrons. The molecule has 0 radical (unpaired) electrons. The fraction of sp³-hybridized carbons (Fsp3) is 0.357. The maximum Gasteiger partial charge on any atom is 0.149 e. The van der Waals surface area contributed by atoms with Gasteiger partial charge in [-0.3, -0.25) is 4.79 Å². The second kappa shape index (κ2) is 5.36. The summed E-state index contributed by atoms with van der Waals surface area (Å²) in [5.41, 5.74) is 3.59. The quantitative estimate of drug-likeness (QED) is 0.686. The Kier molecular flexibility index (Phi) is 4.12. The first-order valence-corrected chi connectivity index (χ1v) is 5.11. The standard InChI is InChI=1S/C14H16O/c1-4-5-6-14(15)10-13-8-7-11(2)12(3)9-13/h7-9H,6,10H2,1-3H3. The Morgan fingerprint density at radius 1 is 1.27 bits per heavy atom. The summed E-state index contributed by atoms with van der Waals surface area (Å²) in [5.74, 6) is 5.72. The molecule has 0 bridgehead atoms. The lowest BCUT2D eigenvalue weighted by atomic mass is 10.0. The monoisotopic (exact) mass is 200 g/mol. The van der Waals surface area contributed by atoms with E-state index in [9.17, 15) is 4.79 Å². The largest absolute Gasteiger partial charge is 0.298 e. The van der Waals surface area contributed by atoms with E-state index in [2.05, 4.69) is 37.8 Å². The van der Waals surface area contributed by atoms with Gasteiger partial charge in [0.25, 0.3) is 0 Å². The zero-order valence-corrected chi connectivity index (χ0v) is 9.55. The Hall–Kier alpha value is -1.55. The van der Waals surface area contributed by atoms with Crippen molar-refractivity contribution < 1.29 is 4.79 Å². The molecular formula is C14H16O. The Labute approximate surface area is 91.5 Å². The molecule has 0 unspecified atom stereocenters. The fourth-order valence-electron chi connectivity index (χ4n) is 1.39. The summed E-state index contributed by atoms with van der Waals surface area (Å²) in [7, 11) is 0. The molecule has 0 saturated carbocycles. The number of aryl methyl sites for hydroxylation is 2. The molecule has 0 spiro atoms. The van der Waals surface area contributed by atoms with E-state index in [1.54, 1.807) is 6.92 Å². The molecule has 1 rings (SSSR count). The van der Waals surface area contributed by atoms with Crippen molar-refractivity contribution in [3.05, 3.63) is 34.9 Å². The van der Waals surface area contributed by atoms with E-state index >= 15 is 0 Å². The van der Waals surface area contributed by atoms with Crippen LogP contribution in [-0.4, -0.2) is 5.78 Å². The highest BCUT2D eigenvalue weighted by Crippen LogP contribution is 2.10. The predicted octanol–water partition coefficient (Wildman–Crippen LogP) is 2.83. The zero-order valence-electron chi connectivity index (χ0n) is 9.55. The Balaban J connectivity index is 2.67. The van der Waals surface area contributed by atoms with Crippen molar-refractivity contribution in [3.63, 3.8) is 0 Å². The maximum atomic E-state index is 11.5. The lowest BCUT2D eigenvalue weighted by Gasteiger charge is -2.03. The number of rotatable bonds is 3. The molecule has 0 aromatic heterocycles. The van der Waals surface area contributed by atoms with Gasteiger partial charge in [-0.05, 0) is 37.5 Å². The first kappa shape index (κ1) is 11.5. The molecule has 0 N–H and O–H groups in total. The molecule has 1 nitrogen and oxygen atoms in total. The summed E-state index contributed by atoms with van der Waals surface area (Å²) in [6.45, 7) is 5.89. The third-order valence-corrected chi connectivity index (χ3v) is 2.43. The van der Waals surface area contributed by atoms with Gasteiger partial charge in [-0.2, -0.15) is 0 Å². The number of benzene rings is 1. The van der Waals surface area contributed by atoms with Gasteiger partial charge >= 0.3 is 0 Å². The van der Waals surface area contributed by atoms with Crippen LogP contribution in [0.1, 0.15) is 30.0 Å². The van der Waals surface area contributed by atoms with Crippen LogP contribution < -0.4 is 0 Å². The van der Waals surface area contributed by atoms with Gasteiger partial charge in [-0.25, -0.2) is 0 Å². The average molecular weight is 200 g/mol. The number of Topliss-reactive ketones (excluding diaryl/α,β-unsaturated/α-hetero) is 1. The number of carbonyl (C=O) groups is 1. The molecule has 0 heterocycles. The molecule has 1 aromatic carbocycles. The van der Waals surface area contributed by atoms with Crippen LogP contribution in [0.15, 0.2) is 18.2 Å². The maximum absolute atomic E-state index is 11.5. The summed E-state index contributed by atoms with van der Waals surface area (Å²) in [5, 5.41) is 0. The van der Waals surface area contributed by atoms with E-state index < -0.39 is 0 Å². The summed E-state index contributed by atoms with van der Waals surface area (Å²) < 4.78 is 0. The van der Waals surface area contributed by atoms with E-state index in [0.717, 1.165) is 5.56 Å². The summed E-state index contributed by atoms with van der Waals surface area (Å²) in [6.07, 6.45) is 0.860. The third kappa shape index (κ3) is 3.59. The van der Waals surface area contributed by atoms with Gasteiger partial charge < -0.3 is 0 Å². The van der Waals surface area contributed by atoms with Gasteiger partial charge in [-0.1, -0.05) is 24.1 Å². The minimum atomic E-state index is 0.188. The van der Waals surface area contributed by atoms with E-state index in [1.165, 1.54) is 11.1 Å². The smallest absolute Gasteiger partial charge is 0.149 e. The van der Waals surface area contributed by atoms with Crippen LogP contribution in [-0.2, 0) is 11.2 Å². The third-order valence-electron chi connectivity index (χ3n) is 2.43. The summed E-state index contributed by atoms with van der Waals surface area (Å²) in [6, 6.07) is 6.15. The molecule has 0 atom stereocenters. The molecule has 1 aromatic rings. The van der Waals surface area contributed by atoms with Crippen molar-refractivity contribution >= 4 is 5.78 Å². The number of hydrogen-bond donors (Lipinski definition) is 0. The van der Waals surface area contributed by atoms with E-state index in [-0.39, 0.29) is 5.78 Å². The number of ketones is 1. The van der Waals surface area contributed by atoms with E-state index in [0.29, 0.717) is 12.8 Å². The van der Waals surface area contributed by atoms with E-state index in [1.807, 2.05) is 6.07 Å². The van der Waals surface area contributed by atoms with Crippen LogP contribution in [0, 0.1) is 25.7 Å². The zero-order chi connectivity index (χ0) is 11.3. The SMILES string of the molecule is CC#CCC(=O)Cc1ccc(C)c(C)c1. The first-order chi connectivity index (χ1) is 7.13. The molecule has 1 heteroatoms. The van der Waals surface area contributed by atoms with Crippen LogP contribution in [0.5, 0.6) is 0 Å². The van der Waals surface area contributed by atoms with Crippen molar-refractivity contribution in [2.75, 3.05) is 0 Å². The first-order valence-electron chi connectivity index (χ1n) is 5.11. The van der Waals surface area contributed by atoms with E-state index in [4.69, 9.17) is 0 Å². The van der Waals surface area contributed by atoms with Crippen molar-refractivity contribution in [2.24, 2.45) is 0 Å². The molecule has 0 fully saturated rings. The van der Waals surface area contributed by atoms with Crippen LogP contribution in [0.2, 0.25) is 0 Å². The van der Waals surface area contributed by atoms with Gasteiger partial charge in [-0.15, -0.1) is 5.92 Å². The highest BCUT2D eigenvalue weighted by Gasteiger charge is 2.02. The second-order valence-corrected chi connectivity index (χ2v) is 3.74. The van der Waals surface area contributed by atoms with Crippen molar-refractivity contribution in [1.29, 1.82) is 0 Å². The van der Waals surface area contributed by atoms with Crippen LogP contribution in [0.4, 0.5) is 0 Å². The van der Waals surface area contributed by atoms with Gasteiger partial charge in [0.1, 0.15) is 5.78 Å². The molecular weight excluding hydrogens is 184 g/mol. The van der Waals surface area contributed by atoms with Crippen LogP contribution >= 0.6 is 0 Å². The number of carbonyl (C=O) groups excluding carboxylic acids is 1. The van der Waals surface area contributed by atoms with Crippen molar-refractivity contribution in [2.45, 2.75) is 33.6 Å². The van der Waals surface area contributed by atoms with Crippen LogP contribution in [0.3, 0.4) is 0 Å². The second-order valence-electron chi connectivity index (χ2n) is 3.74. The Bertz CT molecular complexity index is 419. The summed E-state index contributed by atoms with van der Waals surface area (Å²) >= 11 is 0. The van der Waals surface area contributed by atoms with Gasteiger partial charge in [0, 0.05) is 6.42 Å². The molecule has 0 amide bonds. The lowest BCUT2D eigenvalue weighted by Crippen LogP contribution is -2.01. The summed E-state index contributed by atoms with van der Waals surface area (Å²) in [4.78, 5) is 11.5. The van der Waals surface area contributed by atoms with Gasteiger partial charge in [0.05, 0.1) is 6.42 Å². The van der Waals surface area contributed by atoms with Crippen LogP contribution in [0.25, 0.3) is 0 Å². The predicted molar refractivity (Wildman–Crippen MR) is 62.7 cm³/mol. The highest BCUT2D eigenvalue weighted by molar-refractivity contribution is 5.83. The Morgan fingerprint density at radius 2 is 2.00 bits per heavy atom. The lowest BCUT2D eigenvalue weighted by molar-refractivity contribution is -0.117. The van der Waals surface area contributed by atoms with Crippen molar-refractivity contribution in [3.8, 4) is 11.8 Å². The molecule has 15 heavy (non-hydrogen) atoms. The minimum absolute atomic E-state index is 0.188.